The van der Waals surface area contributed by atoms with Crippen LogP contribution in [-0.2, 0) is 54.0 Å². The average molecular weight is 971 g/mol. The third-order valence-electron chi connectivity index (χ3n) is 11.3. The number of aryl methyl sites for hydroxylation is 1. The lowest BCUT2D eigenvalue weighted by Crippen LogP contribution is -2.50. The number of likely N-dealkylation sites (tertiary alicyclic amines) is 1. The van der Waals surface area contributed by atoms with Gasteiger partial charge in [-0.1, -0.05) is 25.1 Å². The molecule has 1 heterocycles. The summed E-state index contributed by atoms with van der Waals surface area (Å²) in [5.41, 5.74) is 2.31. The Bertz CT molecular complexity index is 1940. The number of carbonyl (C=O) groups excluding carboxylic acids is 3. The van der Waals surface area contributed by atoms with Crippen LogP contribution in [0.3, 0.4) is 0 Å². The van der Waals surface area contributed by atoms with Gasteiger partial charge in [0, 0.05) is 20.2 Å². The Balaban J connectivity index is 1.32. The first kappa shape index (κ1) is 56.2. The largest absolute Gasteiger partial charge is 0.493 e. The second-order valence-corrected chi connectivity index (χ2v) is 15.9. The zero-order chi connectivity index (χ0) is 49.6. The fraction of sp³-hybridized carbons (Fsp3) is 0.588. The summed E-state index contributed by atoms with van der Waals surface area (Å²) in [6, 6.07) is 15.6. The second kappa shape index (κ2) is 32.4. The maximum absolute atomic E-state index is 14.5. The number of nitrogens with zero attached hydrogens (tertiary/aromatic N) is 1. The van der Waals surface area contributed by atoms with E-state index in [4.69, 9.17) is 61.6 Å². The fourth-order valence-electron chi connectivity index (χ4n) is 7.73. The molecule has 0 spiro atoms. The Kier molecular flexibility index (Phi) is 26.4. The molecule has 4 rings (SSSR count). The molecular formula is C51H74N2O16. The van der Waals surface area contributed by atoms with Crippen molar-refractivity contribution in [3.05, 3.63) is 71.3 Å². The van der Waals surface area contributed by atoms with E-state index in [9.17, 15) is 14.4 Å². The van der Waals surface area contributed by atoms with Crippen molar-refractivity contribution < 1.29 is 76.0 Å². The molecule has 18 nitrogen and oxygen atoms in total. The first-order chi connectivity index (χ1) is 33.7. The number of hydrogen-bond acceptors (Lipinski definition) is 16. The number of nitrogens with one attached hydrogen (secondary N) is 1. The molecule has 1 aliphatic heterocycles. The molecule has 1 saturated heterocycles. The molecule has 0 unspecified atom stereocenters. The van der Waals surface area contributed by atoms with Gasteiger partial charge in [0.2, 0.25) is 11.7 Å². The molecule has 1 N–H and O–H groups in total. The van der Waals surface area contributed by atoms with Crippen LogP contribution in [0.15, 0.2) is 54.6 Å². The normalized spacial score (nSPS) is 14.4. The van der Waals surface area contributed by atoms with Gasteiger partial charge in [0.1, 0.15) is 17.9 Å². The zero-order valence-corrected chi connectivity index (χ0v) is 41.5. The predicted molar refractivity (Wildman–Crippen MR) is 256 cm³/mol. The molecule has 3 atom stereocenters. The van der Waals surface area contributed by atoms with E-state index in [1.807, 2.05) is 31.2 Å². The number of benzene rings is 3. The van der Waals surface area contributed by atoms with Crippen molar-refractivity contribution >= 4 is 17.8 Å². The van der Waals surface area contributed by atoms with Gasteiger partial charge in [-0.25, -0.2) is 4.79 Å². The maximum Gasteiger partial charge on any atom is 0.329 e. The minimum atomic E-state index is -0.801. The molecule has 0 bridgehead atoms. The van der Waals surface area contributed by atoms with Crippen molar-refractivity contribution in [3.8, 4) is 34.5 Å². The summed E-state index contributed by atoms with van der Waals surface area (Å²) in [4.78, 5) is 43.3. The van der Waals surface area contributed by atoms with E-state index >= 15 is 0 Å². The lowest BCUT2D eigenvalue weighted by Gasteiger charge is -2.37. The summed E-state index contributed by atoms with van der Waals surface area (Å²) in [6.45, 7) is 7.40. The Morgan fingerprint density at radius 2 is 1.26 bits per heavy atom. The summed E-state index contributed by atoms with van der Waals surface area (Å²) in [5.74, 6) is 1.32. The van der Waals surface area contributed by atoms with E-state index in [-0.39, 0.29) is 18.4 Å². The quantitative estimate of drug-likeness (QED) is 0.0555. The standard InChI is InChI=1S/C51H74N2O16/c1-8-41(39-34-46(60-5)49(62-7)47(35-39)61-6)50(55)53-20-10-9-14-42(53)51(56)69-43(17-15-37-16-18-44(58-3)45(32-37)59-4)38-12-11-13-40(33-38)68-36-48(54)52-19-21-63-24-25-65-28-29-67-31-30-66-27-26-64-23-22-57-2/h11-13,16,18,32-35,41-43H,8-10,14-15,17,19-31,36H2,1-7H3,(H,52,54)/t41-,42-,43+/m0/s1. The molecule has 18 heteroatoms. The highest BCUT2D eigenvalue weighted by Crippen LogP contribution is 2.41. The predicted octanol–water partition coefficient (Wildman–Crippen LogP) is 5.75. The molecule has 69 heavy (non-hydrogen) atoms. The van der Waals surface area contributed by atoms with Gasteiger partial charge in [-0.2, -0.15) is 0 Å². The molecule has 0 aliphatic carbocycles. The van der Waals surface area contributed by atoms with Crippen LogP contribution in [0.1, 0.15) is 67.7 Å². The van der Waals surface area contributed by atoms with Gasteiger partial charge in [-0.05, 0) is 91.6 Å². The van der Waals surface area contributed by atoms with Crippen molar-refractivity contribution in [2.45, 2.75) is 63.5 Å². The Morgan fingerprint density at radius 3 is 1.84 bits per heavy atom. The molecule has 3 aromatic carbocycles. The van der Waals surface area contributed by atoms with Crippen molar-refractivity contribution in [2.75, 3.05) is 135 Å². The van der Waals surface area contributed by atoms with Crippen LogP contribution in [0.25, 0.3) is 0 Å². The van der Waals surface area contributed by atoms with Gasteiger partial charge in [-0.3, -0.25) is 9.59 Å². The summed E-state index contributed by atoms with van der Waals surface area (Å²) < 4.78 is 72.3. The van der Waals surface area contributed by atoms with Gasteiger partial charge in [0.25, 0.3) is 5.91 Å². The monoisotopic (exact) mass is 971 g/mol. The Labute approximate surface area is 407 Å². The van der Waals surface area contributed by atoms with Crippen molar-refractivity contribution in [3.63, 3.8) is 0 Å². The highest BCUT2D eigenvalue weighted by atomic mass is 16.6. The fourth-order valence-corrected chi connectivity index (χ4v) is 7.73. The van der Waals surface area contributed by atoms with Crippen LogP contribution < -0.4 is 33.7 Å². The van der Waals surface area contributed by atoms with Gasteiger partial charge in [-0.15, -0.1) is 0 Å². The third kappa shape index (κ3) is 18.8. The van der Waals surface area contributed by atoms with Gasteiger partial charge in [0.05, 0.1) is 114 Å². The Hall–Kier alpha value is -5.37. The summed E-state index contributed by atoms with van der Waals surface area (Å²) in [6.07, 6.45) is 2.63. The average Bonchev–Trinajstić information content (AvgIpc) is 3.38. The minimum Gasteiger partial charge on any atom is -0.493 e. The Morgan fingerprint density at radius 1 is 0.652 bits per heavy atom. The molecule has 0 radical (unpaired) electrons. The van der Waals surface area contributed by atoms with E-state index in [0.717, 1.165) is 18.4 Å². The van der Waals surface area contributed by atoms with Crippen molar-refractivity contribution in [2.24, 2.45) is 0 Å². The molecule has 0 aromatic heterocycles. The molecule has 1 aliphatic rings. The number of ether oxygens (including phenoxy) is 13. The molecular weight excluding hydrogens is 897 g/mol. The van der Waals surface area contributed by atoms with E-state index in [1.165, 1.54) is 21.3 Å². The van der Waals surface area contributed by atoms with E-state index in [1.54, 1.807) is 56.6 Å². The van der Waals surface area contributed by atoms with Gasteiger partial charge in [0.15, 0.2) is 29.6 Å². The van der Waals surface area contributed by atoms with Crippen LogP contribution >= 0.6 is 0 Å². The zero-order valence-electron chi connectivity index (χ0n) is 41.5. The topological polar surface area (TPSA) is 186 Å². The van der Waals surface area contributed by atoms with Crippen molar-refractivity contribution in [1.29, 1.82) is 0 Å². The summed E-state index contributed by atoms with van der Waals surface area (Å²) >= 11 is 0. The smallest absolute Gasteiger partial charge is 0.329 e. The highest BCUT2D eigenvalue weighted by Gasteiger charge is 2.38. The number of esters is 1. The number of piperidine rings is 1. The van der Waals surface area contributed by atoms with E-state index in [0.29, 0.717) is 157 Å². The summed E-state index contributed by atoms with van der Waals surface area (Å²) in [7, 11) is 9.38. The number of amides is 2. The number of rotatable bonds is 35. The molecule has 2 amide bonds. The molecule has 1 fully saturated rings. The molecule has 3 aromatic rings. The lowest BCUT2D eigenvalue weighted by atomic mass is 9.91. The molecule has 0 saturated carbocycles. The van der Waals surface area contributed by atoms with Crippen LogP contribution in [0.5, 0.6) is 34.5 Å². The first-order valence-electron chi connectivity index (χ1n) is 23.6. The number of hydrogen-bond donors (Lipinski definition) is 1. The van der Waals surface area contributed by atoms with Crippen LogP contribution in [0, 0.1) is 0 Å². The van der Waals surface area contributed by atoms with E-state index in [2.05, 4.69) is 5.32 Å². The summed E-state index contributed by atoms with van der Waals surface area (Å²) in [5, 5.41) is 2.80. The SMILES string of the molecule is CC[C@H](C(=O)N1CCCC[C@H]1C(=O)O[C@H](CCc1ccc(OC)c(OC)c1)c1cccc(OCC(=O)NCCOCCOCCOCCOCCOCCOC)c1)c1cc(OC)c(OC)c(OC)c1. The first-order valence-corrected chi connectivity index (χ1v) is 23.6. The lowest BCUT2D eigenvalue weighted by molar-refractivity contribution is -0.162. The molecule has 384 valence electrons. The van der Waals surface area contributed by atoms with Crippen LogP contribution in [0.4, 0.5) is 0 Å². The van der Waals surface area contributed by atoms with Gasteiger partial charge >= 0.3 is 5.97 Å². The van der Waals surface area contributed by atoms with Gasteiger partial charge < -0.3 is 71.8 Å². The highest BCUT2D eigenvalue weighted by molar-refractivity contribution is 5.89. The third-order valence-corrected chi connectivity index (χ3v) is 11.3. The van der Waals surface area contributed by atoms with Crippen LogP contribution in [0.2, 0.25) is 0 Å². The van der Waals surface area contributed by atoms with Crippen molar-refractivity contribution in [1.82, 2.24) is 10.2 Å². The van der Waals surface area contributed by atoms with E-state index < -0.39 is 24.0 Å². The minimum absolute atomic E-state index is 0.184. The second-order valence-electron chi connectivity index (χ2n) is 15.9. The van der Waals surface area contributed by atoms with Crippen LogP contribution in [-0.4, -0.2) is 164 Å². The number of methoxy groups -OCH3 is 6. The maximum atomic E-state index is 14.5. The number of carbonyl (C=O) groups is 3.